The largest absolute Gasteiger partial charge is 0.387 e. The molecule has 0 amide bonds. The van der Waals surface area contributed by atoms with Crippen LogP contribution in [0.5, 0.6) is 0 Å². The predicted molar refractivity (Wildman–Crippen MR) is 46.9 cm³/mol. The third kappa shape index (κ3) is 1.12. The van der Waals surface area contributed by atoms with Crippen LogP contribution in [0.1, 0.15) is 35.8 Å². The van der Waals surface area contributed by atoms with Crippen molar-refractivity contribution < 1.29 is 5.11 Å². The van der Waals surface area contributed by atoms with Crippen molar-refractivity contribution in [3.63, 3.8) is 0 Å². The number of hydrogen-bond acceptors (Lipinski definition) is 2. The first-order valence-corrected chi connectivity index (χ1v) is 4.41. The van der Waals surface area contributed by atoms with E-state index < -0.39 is 0 Å². The standard InChI is InChI=1S/C10H13NO/c1-7-5-6-11-10-8(7)3-2-4-9(10)12/h5-6,9,12H,2-4H2,1H3. The van der Waals surface area contributed by atoms with E-state index in [0.29, 0.717) is 0 Å². The van der Waals surface area contributed by atoms with Crippen LogP contribution in [0.4, 0.5) is 0 Å². The van der Waals surface area contributed by atoms with E-state index in [4.69, 9.17) is 0 Å². The van der Waals surface area contributed by atoms with Crippen LogP contribution in [-0.4, -0.2) is 10.1 Å². The van der Waals surface area contributed by atoms with Gasteiger partial charge in [0.1, 0.15) is 0 Å². The van der Waals surface area contributed by atoms with Crippen LogP contribution in [0.2, 0.25) is 0 Å². The molecule has 0 saturated carbocycles. The van der Waals surface area contributed by atoms with Gasteiger partial charge in [-0.2, -0.15) is 0 Å². The summed E-state index contributed by atoms with van der Waals surface area (Å²) in [5.74, 6) is 0. The van der Waals surface area contributed by atoms with E-state index in [9.17, 15) is 5.11 Å². The zero-order valence-electron chi connectivity index (χ0n) is 7.25. The Morgan fingerprint density at radius 1 is 1.58 bits per heavy atom. The van der Waals surface area contributed by atoms with Crippen molar-refractivity contribution in [2.24, 2.45) is 0 Å². The maximum atomic E-state index is 9.62. The molecule has 0 spiro atoms. The minimum Gasteiger partial charge on any atom is -0.387 e. The molecule has 1 unspecified atom stereocenters. The summed E-state index contributed by atoms with van der Waals surface area (Å²) in [6.07, 6.45) is 4.48. The lowest BCUT2D eigenvalue weighted by molar-refractivity contribution is 0.151. The normalized spacial score (nSPS) is 22.0. The van der Waals surface area contributed by atoms with Gasteiger partial charge in [-0.25, -0.2) is 0 Å². The molecule has 1 atom stereocenters. The van der Waals surface area contributed by atoms with Crippen molar-refractivity contribution in [3.05, 3.63) is 29.1 Å². The Hall–Kier alpha value is -0.890. The molecule has 1 heterocycles. The van der Waals surface area contributed by atoms with Gasteiger partial charge in [-0.1, -0.05) is 0 Å². The molecule has 0 saturated heterocycles. The summed E-state index contributed by atoms with van der Waals surface area (Å²) in [5.41, 5.74) is 3.43. The highest BCUT2D eigenvalue weighted by Gasteiger charge is 2.19. The fraction of sp³-hybridized carbons (Fsp3) is 0.500. The first-order chi connectivity index (χ1) is 5.79. The molecule has 1 aliphatic rings. The van der Waals surface area contributed by atoms with E-state index in [1.807, 2.05) is 6.07 Å². The van der Waals surface area contributed by atoms with E-state index in [2.05, 4.69) is 11.9 Å². The van der Waals surface area contributed by atoms with E-state index in [-0.39, 0.29) is 6.10 Å². The summed E-state index contributed by atoms with van der Waals surface area (Å²) in [5, 5.41) is 9.62. The fourth-order valence-electron chi connectivity index (χ4n) is 1.83. The highest BCUT2D eigenvalue weighted by molar-refractivity contribution is 5.31. The molecule has 2 heteroatoms. The van der Waals surface area contributed by atoms with E-state index in [1.54, 1.807) is 6.20 Å². The molecule has 2 nitrogen and oxygen atoms in total. The summed E-state index contributed by atoms with van der Waals surface area (Å²) in [6.45, 7) is 2.08. The van der Waals surface area contributed by atoms with Gasteiger partial charge in [-0.15, -0.1) is 0 Å². The molecule has 0 fully saturated rings. The summed E-state index contributed by atoms with van der Waals surface area (Å²) in [6, 6.07) is 2.01. The van der Waals surface area contributed by atoms with Gasteiger partial charge in [0, 0.05) is 6.20 Å². The van der Waals surface area contributed by atoms with Crippen LogP contribution >= 0.6 is 0 Å². The smallest absolute Gasteiger partial charge is 0.0962 e. The Bertz CT molecular complexity index is 296. The average molecular weight is 163 g/mol. The van der Waals surface area contributed by atoms with Crippen LogP contribution in [0, 0.1) is 6.92 Å². The second-order valence-electron chi connectivity index (χ2n) is 3.40. The van der Waals surface area contributed by atoms with Crippen LogP contribution in [0.15, 0.2) is 12.3 Å². The predicted octanol–water partition coefficient (Wildman–Crippen LogP) is 1.76. The number of aromatic nitrogens is 1. The van der Waals surface area contributed by atoms with E-state index in [1.165, 1.54) is 11.1 Å². The van der Waals surface area contributed by atoms with Gasteiger partial charge in [-0.05, 0) is 43.4 Å². The van der Waals surface area contributed by atoms with Gasteiger partial charge in [-0.3, -0.25) is 4.98 Å². The number of pyridine rings is 1. The third-order valence-electron chi connectivity index (χ3n) is 2.54. The van der Waals surface area contributed by atoms with Gasteiger partial charge >= 0.3 is 0 Å². The minimum atomic E-state index is -0.325. The molecular weight excluding hydrogens is 150 g/mol. The van der Waals surface area contributed by atoms with Gasteiger partial charge in [0.05, 0.1) is 11.8 Å². The van der Waals surface area contributed by atoms with Crippen LogP contribution in [-0.2, 0) is 6.42 Å². The number of aliphatic hydroxyl groups excluding tert-OH is 1. The number of hydrogen-bond donors (Lipinski definition) is 1. The molecule has 2 rings (SSSR count). The zero-order chi connectivity index (χ0) is 8.55. The average Bonchev–Trinajstić information content (AvgIpc) is 2.07. The number of fused-ring (bicyclic) bond motifs is 1. The molecule has 0 aromatic carbocycles. The molecule has 0 bridgehead atoms. The summed E-state index contributed by atoms with van der Waals surface area (Å²) < 4.78 is 0. The molecule has 1 aromatic heterocycles. The van der Waals surface area contributed by atoms with Gasteiger partial charge in [0.25, 0.3) is 0 Å². The number of aliphatic hydroxyl groups is 1. The minimum absolute atomic E-state index is 0.325. The Balaban J connectivity index is 2.52. The second-order valence-corrected chi connectivity index (χ2v) is 3.40. The quantitative estimate of drug-likeness (QED) is 0.632. The lowest BCUT2D eigenvalue weighted by atomic mass is 9.91. The van der Waals surface area contributed by atoms with E-state index in [0.717, 1.165) is 25.0 Å². The number of rotatable bonds is 0. The number of nitrogens with zero attached hydrogens (tertiary/aromatic N) is 1. The summed E-state index contributed by atoms with van der Waals surface area (Å²) >= 11 is 0. The SMILES string of the molecule is Cc1ccnc2c1CCCC2O. The first-order valence-electron chi connectivity index (χ1n) is 4.41. The second kappa shape index (κ2) is 2.87. The van der Waals surface area contributed by atoms with E-state index >= 15 is 0 Å². The lowest BCUT2D eigenvalue weighted by Gasteiger charge is -2.21. The van der Waals surface area contributed by atoms with Crippen molar-refractivity contribution in [2.45, 2.75) is 32.3 Å². The molecule has 1 aromatic rings. The summed E-state index contributed by atoms with van der Waals surface area (Å²) in [4.78, 5) is 4.21. The lowest BCUT2D eigenvalue weighted by Crippen LogP contribution is -2.12. The highest BCUT2D eigenvalue weighted by atomic mass is 16.3. The number of aryl methyl sites for hydroxylation is 1. The Kier molecular flexibility index (Phi) is 1.85. The third-order valence-corrected chi connectivity index (χ3v) is 2.54. The van der Waals surface area contributed by atoms with Crippen LogP contribution in [0.3, 0.4) is 0 Å². The van der Waals surface area contributed by atoms with Crippen LogP contribution < -0.4 is 0 Å². The van der Waals surface area contributed by atoms with Crippen LogP contribution in [0.25, 0.3) is 0 Å². The fourth-order valence-corrected chi connectivity index (χ4v) is 1.83. The Labute approximate surface area is 72.3 Å². The summed E-state index contributed by atoms with van der Waals surface area (Å²) in [7, 11) is 0. The Morgan fingerprint density at radius 3 is 3.17 bits per heavy atom. The van der Waals surface area contributed by atoms with Crippen molar-refractivity contribution in [1.29, 1.82) is 0 Å². The van der Waals surface area contributed by atoms with Gasteiger partial charge < -0.3 is 5.11 Å². The molecule has 0 radical (unpaired) electrons. The first kappa shape index (κ1) is 7.74. The van der Waals surface area contributed by atoms with Crippen molar-refractivity contribution in [3.8, 4) is 0 Å². The van der Waals surface area contributed by atoms with Crippen molar-refractivity contribution in [1.82, 2.24) is 4.98 Å². The maximum absolute atomic E-state index is 9.62. The molecule has 64 valence electrons. The maximum Gasteiger partial charge on any atom is 0.0962 e. The van der Waals surface area contributed by atoms with Gasteiger partial charge in [0.2, 0.25) is 0 Å². The molecule has 1 aliphatic carbocycles. The molecule has 1 N–H and O–H groups in total. The van der Waals surface area contributed by atoms with Crippen molar-refractivity contribution >= 4 is 0 Å². The molecule has 12 heavy (non-hydrogen) atoms. The monoisotopic (exact) mass is 163 g/mol. The molecular formula is C10H13NO. The Morgan fingerprint density at radius 2 is 2.42 bits per heavy atom. The molecule has 0 aliphatic heterocycles. The zero-order valence-corrected chi connectivity index (χ0v) is 7.25. The van der Waals surface area contributed by atoms with Gasteiger partial charge in [0.15, 0.2) is 0 Å². The topological polar surface area (TPSA) is 33.1 Å². The van der Waals surface area contributed by atoms with Crippen molar-refractivity contribution in [2.75, 3.05) is 0 Å². The highest BCUT2D eigenvalue weighted by Crippen LogP contribution is 2.29.